The molecule has 0 unspecified atom stereocenters. The summed E-state index contributed by atoms with van der Waals surface area (Å²) < 4.78 is 25.5. The summed E-state index contributed by atoms with van der Waals surface area (Å²) in [5, 5.41) is 7.60. The second-order valence-electron chi connectivity index (χ2n) is 4.41. The number of aromatic nitrogens is 3. The van der Waals surface area contributed by atoms with Gasteiger partial charge in [0.05, 0.1) is 6.61 Å². The summed E-state index contributed by atoms with van der Waals surface area (Å²) in [6, 6.07) is 7.65. The minimum atomic E-state index is -0.578. The SMILES string of the molecule is CCOC(=O)c1cc(-c2ccc(-n3cccn3)c(F)c2)on1. The lowest BCUT2D eigenvalue weighted by atomic mass is 10.1. The number of carbonyl (C=O) groups excluding carboxylic acids is 1. The van der Waals surface area contributed by atoms with Gasteiger partial charge in [0.2, 0.25) is 0 Å². The second-order valence-corrected chi connectivity index (χ2v) is 4.41. The number of esters is 1. The summed E-state index contributed by atoms with van der Waals surface area (Å²) in [6.45, 7) is 1.94. The molecule has 0 fully saturated rings. The van der Waals surface area contributed by atoms with E-state index in [1.165, 1.54) is 16.8 Å². The van der Waals surface area contributed by atoms with Crippen LogP contribution in [0.25, 0.3) is 17.0 Å². The molecule has 1 aromatic carbocycles. The fourth-order valence-electron chi connectivity index (χ4n) is 1.97. The maximum absolute atomic E-state index is 14.2. The summed E-state index contributed by atoms with van der Waals surface area (Å²) in [5.41, 5.74) is 0.837. The Hall–Kier alpha value is -2.96. The van der Waals surface area contributed by atoms with Crippen molar-refractivity contribution in [3.05, 3.63) is 54.2 Å². The standard InChI is InChI=1S/C15H12FN3O3/c1-2-21-15(20)12-9-14(22-18-12)10-4-5-13(11(16)8-10)19-7-3-6-17-19/h3-9H,2H2,1H3. The first-order valence-corrected chi connectivity index (χ1v) is 6.63. The monoisotopic (exact) mass is 301 g/mol. The van der Waals surface area contributed by atoms with Gasteiger partial charge in [0.1, 0.15) is 11.5 Å². The molecule has 22 heavy (non-hydrogen) atoms. The predicted molar refractivity (Wildman–Crippen MR) is 75.0 cm³/mol. The van der Waals surface area contributed by atoms with Crippen molar-refractivity contribution in [1.82, 2.24) is 14.9 Å². The molecule has 3 aromatic rings. The molecule has 0 saturated heterocycles. The molecular weight excluding hydrogens is 289 g/mol. The van der Waals surface area contributed by atoms with Gasteiger partial charge < -0.3 is 9.26 Å². The average molecular weight is 301 g/mol. The Bertz CT molecular complexity index is 796. The zero-order valence-electron chi connectivity index (χ0n) is 11.7. The van der Waals surface area contributed by atoms with Gasteiger partial charge in [-0.2, -0.15) is 5.10 Å². The first kappa shape index (κ1) is 14.0. The third-order valence-electron chi connectivity index (χ3n) is 2.98. The van der Waals surface area contributed by atoms with Gasteiger partial charge in [-0.15, -0.1) is 0 Å². The minimum Gasteiger partial charge on any atom is -0.461 e. The Balaban J connectivity index is 1.90. The van der Waals surface area contributed by atoms with E-state index < -0.39 is 11.8 Å². The largest absolute Gasteiger partial charge is 0.461 e. The summed E-state index contributed by atoms with van der Waals surface area (Å²) in [4.78, 5) is 11.5. The van der Waals surface area contributed by atoms with E-state index in [0.717, 1.165) is 0 Å². The fourth-order valence-corrected chi connectivity index (χ4v) is 1.97. The van der Waals surface area contributed by atoms with E-state index in [2.05, 4.69) is 10.3 Å². The van der Waals surface area contributed by atoms with Gasteiger partial charge in [0.25, 0.3) is 0 Å². The number of carbonyl (C=O) groups is 1. The molecule has 7 heteroatoms. The Labute approximate surface area is 125 Å². The normalized spacial score (nSPS) is 10.6. The third kappa shape index (κ3) is 2.60. The van der Waals surface area contributed by atoms with Crippen molar-refractivity contribution in [3.8, 4) is 17.0 Å². The highest BCUT2D eigenvalue weighted by atomic mass is 19.1. The first-order valence-electron chi connectivity index (χ1n) is 6.63. The molecule has 6 nitrogen and oxygen atoms in total. The number of halogens is 1. The molecule has 0 saturated carbocycles. The van der Waals surface area contributed by atoms with Crippen molar-refractivity contribution >= 4 is 5.97 Å². The molecular formula is C15H12FN3O3. The Kier molecular flexibility index (Phi) is 3.69. The van der Waals surface area contributed by atoms with E-state index in [-0.39, 0.29) is 18.1 Å². The van der Waals surface area contributed by atoms with E-state index in [4.69, 9.17) is 9.26 Å². The molecule has 0 amide bonds. The predicted octanol–water partition coefficient (Wildman–Crippen LogP) is 2.84. The lowest BCUT2D eigenvalue weighted by molar-refractivity contribution is 0.0514. The Morgan fingerprint density at radius 1 is 1.41 bits per heavy atom. The maximum atomic E-state index is 14.2. The molecule has 0 aliphatic rings. The molecule has 0 aliphatic heterocycles. The summed E-state index contributed by atoms with van der Waals surface area (Å²) in [5.74, 6) is -0.754. The lowest BCUT2D eigenvalue weighted by Crippen LogP contribution is -2.04. The highest BCUT2D eigenvalue weighted by molar-refractivity contribution is 5.88. The lowest BCUT2D eigenvalue weighted by Gasteiger charge is -2.04. The van der Waals surface area contributed by atoms with Gasteiger partial charge in [-0.25, -0.2) is 13.9 Å². The highest BCUT2D eigenvalue weighted by Gasteiger charge is 2.16. The number of benzene rings is 1. The average Bonchev–Trinajstić information content (AvgIpc) is 3.19. The van der Waals surface area contributed by atoms with Gasteiger partial charge in [-0.05, 0) is 31.2 Å². The van der Waals surface area contributed by atoms with Crippen LogP contribution in [-0.4, -0.2) is 27.5 Å². The number of rotatable bonds is 4. The molecule has 0 aliphatic carbocycles. The van der Waals surface area contributed by atoms with Crippen LogP contribution in [0.1, 0.15) is 17.4 Å². The van der Waals surface area contributed by atoms with Crippen LogP contribution in [0.15, 0.2) is 47.2 Å². The van der Waals surface area contributed by atoms with Crippen LogP contribution in [-0.2, 0) is 4.74 Å². The molecule has 0 spiro atoms. The first-order chi connectivity index (χ1) is 10.7. The quantitative estimate of drug-likeness (QED) is 0.693. The van der Waals surface area contributed by atoms with Crippen LogP contribution in [0.5, 0.6) is 0 Å². The molecule has 3 rings (SSSR count). The number of hydrogen-bond donors (Lipinski definition) is 0. The van der Waals surface area contributed by atoms with Crippen molar-refractivity contribution in [2.24, 2.45) is 0 Å². The van der Waals surface area contributed by atoms with Gasteiger partial charge >= 0.3 is 5.97 Å². The van der Waals surface area contributed by atoms with Crippen LogP contribution in [0.4, 0.5) is 4.39 Å². The van der Waals surface area contributed by atoms with E-state index in [0.29, 0.717) is 11.3 Å². The van der Waals surface area contributed by atoms with Crippen molar-refractivity contribution < 1.29 is 18.4 Å². The van der Waals surface area contributed by atoms with Gasteiger partial charge in [0.15, 0.2) is 11.5 Å². The van der Waals surface area contributed by atoms with Gasteiger partial charge in [-0.1, -0.05) is 5.16 Å². The second kappa shape index (κ2) is 5.80. The van der Waals surface area contributed by atoms with E-state index in [9.17, 15) is 9.18 Å². The third-order valence-corrected chi connectivity index (χ3v) is 2.98. The molecule has 2 heterocycles. The van der Waals surface area contributed by atoms with Crippen molar-refractivity contribution in [3.63, 3.8) is 0 Å². The fraction of sp³-hybridized carbons (Fsp3) is 0.133. The number of hydrogen-bond acceptors (Lipinski definition) is 5. The molecule has 112 valence electrons. The minimum absolute atomic E-state index is 0.0495. The Morgan fingerprint density at radius 3 is 2.95 bits per heavy atom. The van der Waals surface area contributed by atoms with E-state index in [1.54, 1.807) is 37.5 Å². The van der Waals surface area contributed by atoms with Gasteiger partial charge in [-0.3, -0.25) is 0 Å². The topological polar surface area (TPSA) is 70.2 Å². The highest BCUT2D eigenvalue weighted by Crippen LogP contribution is 2.24. The maximum Gasteiger partial charge on any atom is 0.360 e. The van der Waals surface area contributed by atoms with Crippen LogP contribution in [0, 0.1) is 5.82 Å². The Morgan fingerprint density at radius 2 is 2.27 bits per heavy atom. The molecule has 0 N–H and O–H groups in total. The van der Waals surface area contributed by atoms with Crippen molar-refractivity contribution in [2.45, 2.75) is 6.92 Å². The summed E-state index contributed by atoms with van der Waals surface area (Å²) >= 11 is 0. The summed E-state index contributed by atoms with van der Waals surface area (Å²) in [7, 11) is 0. The van der Waals surface area contributed by atoms with E-state index in [1.807, 2.05) is 0 Å². The number of ether oxygens (including phenoxy) is 1. The summed E-state index contributed by atoms with van der Waals surface area (Å²) in [6.07, 6.45) is 3.21. The van der Waals surface area contributed by atoms with Crippen LogP contribution in [0.2, 0.25) is 0 Å². The molecule has 0 radical (unpaired) electrons. The van der Waals surface area contributed by atoms with E-state index >= 15 is 0 Å². The van der Waals surface area contributed by atoms with Crippen LogP contribution in [0.3, 0.4) is 0 Å². The van der Waals surface area contributed by atoms with Crippen molar-refractivity contribution in [2.75, 3.05) is 6.61 Å². The zero-order valence-corrected chi connectivity index (χ0v) is 11.7. The van der Waals surface area contributed by atoms with Gasteiger partial charge in [0, 0.05) is 24.0 Å². The van der Waals surface area contributed by atoms with Crippen molar-refractivity contribution in [1.29, 1.82) is 0 Å². The smallest absolute Gasteiger partial charge is 0.360 e. The van der Waals surface area contributed by atoms with Crippen LogP contribution >= 0.6 is 0 Å². The molecule has 0 atom stereocenters. The zero-order chi connectivity index (χ0) is 15.5. The number of nitrogens with zero attached hydrogens (tertiary/aromatic N) is 3. The molecule has 0 bridgehead atoms. The molecule has 2 aromatic heterocycles. The van der Waals surface area contributed by atoms with Crippen LogP contribution < -0.4 is 0 Å².